The molecule has 2 unspecified atom stereocenters. The fourth-order valence-corrected chi connectivity index (χ4v) is 3.35. The highest BCUT2D eigenvalue weighted by Crippen LogP contribution is 2.40. The van der Waals surface area contributed by atoms with E-state index in [9.17, 15) is 9.18 Å². The van der Waals surface area contributed by atoms with Gasteiger partial charge in [0.2, 0.25) is 5.91 Å². The van der Waals surface area contributed by atoms with E-state index in [0.717, 1.165) is 17.7 Å². The van der Waals surface area contributed by atoms with Crippen molar-refractivity contribution in [3.05, 3.63) is 59.4 Å². The number of carbonyl (C=O) groups is 1. The Bertz CT molecular complexity index is 742. The second kappa shape index (κ2) is 6.63. The molecule has 126 valence electrons. The molecule has 2 atom stereocenters. The van der Waals surface area contributed by atoms with Crippen molar-refractivity contribution in [1.29, 1.82) is 0 Å². The SMILES string of the molecule is CCc1ccc2c(c1)C(Oc1ccc(F)cc1)CC(C)N2C(C)=O. The first kappa shape index (κ1) is 16.5. The van der Waals surface area contributed by atoms with Crippen LogP contribution in [0.3, 0.4) is 0 Å². The van der Waals surface area contributed by atoms with Gasteiger partial charge in [0.25, 0.3) is 0 Å². The summed E-state index contributed by atoms with van der Waals surface area (Å²) in [6.45, 7) is 5.72. The fraction of sp³-hybridized carbons (Fsp3) is 0.350. The number of amides is 1. The maximum absolute atomic E-state index is 13.1. The Labute approximate surface area is 142 Å². The van der Waals surface area contributed by atoms with Crippen LogP contribution in [-0.2, 0) is 11.2 Å². The second-order valence-electron chi connectivity index (χ2n) is 6.28. The summed E-state index contributed by atoms with van der Waals surface area (Å²) in [7, 11) is 0. The van der Waals surface area contributed by atoms with Crippen molar-refractivity contribution in [2.45, 2.75) is 45.8 Å². The highest BCUT2D eigenvalue weighted by atomic mass is 19.1. The number of benzene rings is 2. The van der Waals surface area contributed by atoms with Gasteiger partial charge in [0, 0.05) is 24.9 Å². The molecule has 0 saturated carbocycles. The maximum Gasteiger partial charge on any atom is 0.224 e. The Morgan fingerprint density at radius 1 is 1.25 bits per heavy atom. The predicted molar refractivity (Wildman–Crippen MR) is 92.8 cm³/mol. The Hall–Kier alpha value is -2.36. The molecule has 0 bridgehead atoms. The van der Waals surface area contributed by atoms with Crippen LogP contribution in [0.25, 0.3) is 0 Å². The first-order valence-corrected chi connectivity index (χ1v) is 8.34. The molecule has 0 spiro atoms. The van der Waals surface area contributed by atoms with Crippen molar-refractivity contribution < 1.29 is 13.9 Å². The van der Waals surface area contributed by atoms with Crippen molar-refractivity contribution in [2.75, 3.05) is 4.90 Å². The summed E-state index contributed by atoms with van der Waals surface area (Å²) in [5.41, 5.74) is 3.14. The normalized spacial score (nSPS) is 19.8. The van der Waals surface area contributed by atoms with Gasteiger partial charge in [-0.25, -0.2) is 4.39 Å². The number of halogens is 1. The topological polar surface area (TPSA) is 29.5 Å². The van der Waals surface area contributed by atoms with Crippen molar-refractivity contribution in [1.82, 2.24) is 0 Å². The molecule has 24 heavy (non-hydrogen) atoms. The van der Waals surface area contributed by atoms with Gasteiger partial charge in [0.15, 0.2) is 0 Å². The van der Waals surface area contributed by atoms with Crippen molar-refractivity contribution in [3.63, 3.8) is 0 Å². The van der Waals surface area contributed by atoms with E-state index in [0.29, 0.717) is 12.2 Å². The Balaban J connectivity index is 1.99. The van der Waals surface area contributed by atoms with Crippen LogP contribution in [0.4, 0.5) is 10.1 Å². The molecule has 1 aliphatic rings. The molecule has 1 amide bonds. The first-order valence-electron chi connectivity index (χ1n) is 8.34. The summed E-state index contributed by atoms with van der Waals surface area (Å²) < 4.78 is 19.2. The van der Waals surface area contributed by atoms with Crippen LogP contribution in [0, 0.1) is 5.82 Å². The molecule has 1 heterocycles. The lowest BCUT2D eigenvalue weighted by molar-refractivity contribution is -0.117. The van der Waals surface area contributed by atoms with Gasteiger partial charge in [-0.2, -0.15) is 0 Å². The molecule has 2 aromatic carbocycles. The van der Waals surface area contributed by atoms with E-state index in [2.05, 4.69) is 19.1 Å². The minimum atomic E-state index is -0.282. The van der Waals surface area contributed by atoms with Gasteiger partial charge in [-0.3, -0.25) is 4.79 Å². The molecule has 0 aliphatic carbocycles. The van der Waals surface area contributed by atoms with Crippen LogP contribution in [-0.4, -0.2) is 11.9 Å². The first-order chi connectivity index (χ1) is 11.5. The second-order valence-corrected chi connectivity index (χ2v) is 6.28. The van der Waals surface area contributed by atoms with Crippen LogP contribution >= 0.6 is 0 Å². The zero-order valence-corrected chi connectivity index (χ0v) is 14.3. The molecule has 4 heteroatoms. The molecular formula is C20H22FNO2. The van der Waals surface area contributed by atoms with Crippen LogP contribution in [0.1, 0.15) is 44.4 Å². The molecule has 3 rings (SSSR count). The van der Waals surface area contributed by atoms with E-state index >= 15 is 0 Å². The Kier molecular flexibility index (Phi) is 4.56. The average molecular weight is 327 g/mol. The minimum Gasteiger partial charge on any atom is -0.486 e. The lowest BCUT2D eigenvalue weighted by Crippen LogP contribution is -2.42. The number of ether oxygens (including phenoxy) is 1. The fourth-order valence-electron chi connectivity index (χ4n) is 3.35. The smallest absolute Gasteiger partial charge is 0.224 e. The third-order valence-electron chi connectivity index (χ3n) is 4.53. The summed E-state index contributed by atoms with van der Waals surface area (Å²) in [5.74, 6) is 0.391. The van der Waals surface area contributed by atoms with Gasteiger partial charge in [-0.1, -0.05) is 19.1 Å². The number of nitrogens with zero attached hydrogens (tertiary/aromatic N) is 1. The van der Waals surface area contributed by atoms with Crippen molar-refractivity contribution >= 4 is 11.6 Å². The maximum atomic E-state index is 13.1. The third-order valence-corrected chi connectivity index (χ3v) is 4.53. The monoisotopic (exact) mass is 327 g/mol. The van der Waals surface area contributed by atoms with Crippen LogP contribution in [0.5, 0.6) is 5.75 Å². The van der Waals surface area contributed by atoms with Crippen molar-refractivity contribution in [3.8, 4) is 5.75 Å². The lowest BCUT2D eigenvalue weighted by Gasteiger charge is -2.39. The molecule has 0 aromatic heterocycles. The number of hydrogen-bond acceptors (Lipinski definition) is 2. The number of fused-ring (bicyclic) bond motifs is 1. The summed E-state index contributed by atoms with van der Waals surface area (Å²) in [4.78, 5) is 13.9. The van der Waals surface area contributed by atoms with E-state index in [-0.39, 0.29) is 23.9 Å². The van der Waals surface area contributed by atoms with Gasteiger partial charge >= 0.3 is 0 Å². The van der Waals surface area contributed by atoms with Gasteiger partial charge < -0.3 is 9.64 Å². The van der Waals surface area contributed by atoms with Crippen molar-refractivity contribution in [2.24, 2.45) is 0 Å². The molecule has 3 nitrogen and oxygen atoms in total. The predicted octanol–water partition coefficient (Wildman–Crippen LogP) is 4.65. The van der Waals surface area contributed by atoms with Gasteiger partial charge in [0.1, 0.15) is 17.7 Å². The van der Waals surface area contributed by atoms with E-state index in [1.807, 2.05) is 17.9 Å². The standard InChI is InChI=1S/C20H22FNO2/c1-4-15-5-10-19-18(12-15)20(11-13(2)22(19)14(3)23)24-17-8-6-16(21)7-9-17/h5-10,12-13,20H,4,11H2,1-3H3. The highest BCUT2D eigenvalue weighted by molar-refractivity contribution is 5.93. The molecule has 1 aliphatic heterocycles. The van der Waals surface area contributed by atoms with E-state index in [1.54, 1.807) is 19.1 Å². The van der Waals surface area contributed by atoms with E-state index in [1.165, 1.54) is 17.7 Å². The van der Waals surface area contributed by atoms with Gasteiger partial charge in [-0.05, 0) is 49.2 Å². The summed E-state index contributed by atoms with van der Waals surface area (Å²) in [6.07, 6.45) is 1.48. The van der Waals surface area contributed by atoms with Crippen LogP contribution in [0.2, 0.25) is 0 Å². The summed E-state index contributed by atoms with van der Waals surface area (Å²) in [6, 6.07) is 12.3. The lowest BCUT2D eigenvalue weighted by atomic mass is 9.91. The zero-order valence-electron chi connectivity index (χ0n) is 14.3. The molecule has 0 saturated heterocycles. The van der Waals surface area contributed by atoms with Gasteiger partial charge in [-0.15, -0.1) is 0 Å². The minimum absolute atomic E-state index is 0.0354. The summed E-state index contributed by atoms with van der Waals surface area (Å²) in [5, 5.41) is 0. The Morgan fingerprint density at radius 2 is 1.96 bits per heavy atom. The largest absolute Gasteiger partial charge is 0.486 e. The average Bonchev–Trinajstić information content (AvgIpc) is 2.56. The quantitative estimate of drug-likeness (QED) is 0.821. The summed E-state index contributed by atoms with van der Waals surface area (Å²) >= 11 is 0. The highest BCUT2D eigenvalue weighted by Gasteiger charge is 2.33. The molecular weight excluding hydrogens is 305 g/mol. The van der Waals surface area contributed by atoms with E-state index in [4.69, 9.17) is 4.74 Å². The number of rotatable bonds is 3. The number of hydrogen-bond donors (Lipinski definition) is 0. The number of carbonyl (C=O) groups excluding carboxylic acids is 1. The molecule has 0 radical (unpaired) electrons. The van der Waals surface area contributed by atoms with Crippen LogP contribution in [0.15, 0.2) is 42.5 Å². The Morgan fingerprint density at radius 3 is 2.58 bits per heavy atom. The zero-order chi connectivity index (χ0) is 17.3. The number of anilines is 1. The molecule has 0 N–H and O–H groups in total. The van der Waals surface area contributed by atoms with E-state index < -0.39 is 0 Å². The number of aryl methyl sites for hydroxylation is 1. The molecule has 2 aromatic rings. The molecule has 0 fully saturated rings. The van der Waals surface area contributed by atoms with Gasteiger partial charge in [0.05, 0.1) is 5.69 Å². The third kappa shape index (κ3) is 3.14. The van der Waals surface area contributed by atoms with Crippen LogP contribution < -0.4 is 9.64 Å².